The Hall–Kier alpha value is -1.77. The number of hydrogen-bond acceptors (Lipinski definition) is 7. The van der Waals surface area contributed by atoms with Crippen molar-refractivity contribution < 1.29 is 14.6 Å². The molecule has 0 amide bonds. The SMILES string of the molecule is CC(C)OC1CCC2NNC(c3cc(N4CCC(C(=O)O)CC4)ncn3)C2C1. The average Bonchev–Trinajstić information content (AvgIpc) is 3.11. The fraction of sp³-hybridized carbons (Fsp3) is 0.750. The zero-order chi connectivity index (χ0) is 19.7. The maximum atomic E-state index is 11.2. The zero-order valence-corrected chi connectivity index (χ0v) is 16.7. The molecule has 2 aliphatic heterocycles. The first-order valence-corrected chi connectivity index (χ1v) is 10.5. The number of anilines is 1. The second kappa shape index (κ2) is 8.31. The third-order valence-electron chi connectivity index (χ3n) is 6.33. The van der Waals surface area contributed by atoms with Crippen molar-refractivity contribution in [1.29, 1.82) is 0 Å². The van der Waals surface area contributed by atoms with Gasteiger partial charge in [0.2, 0.25) is 0 Å². The lowest BCUT2D eigenvalue weighted by Crippen LogP contribution is -2.38. The molecular weight excluding hydrogens is 358 g/mol. The number of piperidine rings is 1. The fourth-order valence-electron chi connectivity index (χ4n) is 4.88. The Kier molecular flexibility index (Phi) is 5.80. The van der Waals surface area contributed by atoms with E-state index in [1.165, 1.54) is 0 Å². The van der Waals surface area contributed by atoms with Gasteiger partial charge in [0.05, 0.1) is 29.9 Å². The Morgan fingerprint density at radius 3 is 2.71 bits per heavy atom. The minimum Gasteiger partial charge on any atom is -0.481 e. The van der Waals surface area contributed by atoms with Crippen molar-refractivity contribution >= 4 is 11.8 Å². The fourth-order valence-corrected chi connectivity index (χ4v) is 4.88. The summed E-state index contributed by atoms with van der Waals surface area (Å²) in [4.78, 5) is 22.4. The number of aliphatic carboxylic acids is 1. The van der Waals surface area contributed by atoms with E-state index >= 15 is 0 Å². The van der Waals surface area contributed by atoms with Crippen LogP contribution in [-0.2, 0) is 9.53 Å². The van der Waals surface area contributed by atoms with Crippen LogP contribution in [0.25, 0.3) is 0 Å². The van der Waals surface area contributed by atoms with Gasteiger partial charge >= 0.3 is 5.97 Å². The van der Waals surface area contributed by atoms with Crippen molar-refractivity contribution in [3.8, 4) is 0 Å². The minimum absolute atomic E-state index is 0.141. The molecule has 0 spiro atoms. The maximum Gasteiger partial charge on any atom is 0.306 e. The van der Waals surface area contributed by atoms with Crippen molar-refractivity contribution in [2.45, 2.75) is 70.2 Å². The number of carboxylic acid groups (broad SMARTS) is 1. The molecule has 8 nitrogen and oxygen atoms in total. The van der Waals surface area contributed by atoms with Gasteiger partial charge < -0.3 is 14.7 Å². The molecule has 154 valence electrons. The molecule has 4 unspecified atom stereocenters. The van der Waals surface area contributed by atoms with Gasteiger partial charge in [-0.2, -0.15) is 0 Å². The van der Waals surface area contributed by atoms with Gasteiger partial charge in [-0.1, -0.05) is 0 Å². The highest BCUT2D eigenvalue weighted by Crippen LogP contribution is 2.39. The van der Waals surface area contributed by atoms with E-state index in [1.807, 2.05) is 0 Å². The van der Waals surface area contributed by atoms with E-state index in [1.54, 1.807) is 6.33 Å². The Bertz CT molecular complexity index is 692. The second-order valence-corrected chi connectivity index (χ2v) is 8.56. The average molecular weight is 390 g/mol. The van der Waals surface area contributed by atoms with E-state index in [0.717, 1.165) is 43.9 Å². The van der Waals surface area contributed by atoms with E-state index in [0.29, 0.717) is 30.9 Å². The van der Waals surface area contributed by atoms with Crippen LogP contribution in [0.1, 0.15) is 57.7 Å². The van der Waals surface area contributed by atoms with E-state index in [2.05, 4.69) is 45.6 Å². The van der Waals surface area contributed by atoms with Gasteiger partial charge in [-0.3, -0.25) is 10.2 Å². The van der Waals surface area contributed by atoms with Crippen LogP contribution in [0, 0.1) is 11.8 Å². The lowest BCUT2D eigenvalue weighted by Gasteiger charge is -2.34. The summed E-state index contributed by atoms with van der Waals surface area (Å²) in [5.41, 5.74) is 7.90. The summed E-state index contributed by atoms with van der Waals surface area (Å²) in [5, 5.41) is 9.20. The number of rotatable bonds is 5. The van der Waals surface area contributed by atoms with Crippen molar-refractivity contribution in [2.24, 2.45) is 11.8 Å². The molecule has 0 radical (unpaired) electrons. The van der Waals surface area contributed by atoms with Crippen LogP contribution in [0.2, 0.25) is 0 Å². The number of ether oxygens (including phenoxy) is 1. The first-order chi connectivity index (χ1) is 13.5. The highest BCUT2D eigenvalue weighted by Gasteiger charge is 2.42. The van der Waals surface area contributed by atoms with Crippen molar-refractivity contribution in [3.63, 3.8) is 0 Å². The Balaban J connectivity index is 1.45. The summed E-state index contributed by atoms with van der Waals surface area (Å²) in [6.45, 7) is 5.64. The summed E-state index contributed by atoms with van der Waals surface area (Å²) in [6, 6.07) is 2.65. The maximum absolute atomic E-state index is 11.2. The van der Waals surface area contributed by atoms with Gasteiger partial charge in [-0.15, -0.1) is 0 Å². The minimum atomic E-state index is -0.689. The largest absolute Gasteiger partial charge is 0.481 e. The number of aromatic nitrogens is 2. The van der Waals surface area contributed by atoms with Crippen LogP contribution in [0.15, 0.2) is 12.4 Å². The van der Waals surface area contributed by atoms with Gasteiger partial charge in [-0.05, 0) is 46.0 Å². The lowest BCUT2D eigenvalue weighted by molar-refractivity contribution is -0.142. The Morgan fingerprint density at radius 2 is 2.00 bits per heavy atom. The third kappa shape index (κ3) is 4.14. The predicted molar refractivity (Wildman–Crippen MR) is 105 cm³/mol. The molecule has 28 heavy (non-hydrogen) atoms. The molecule has 3 N–H and O–H groups in total. The topological polar surface area (TPSA) is 99.6 Å². The van der Waals surface area contributed by atoms with Crippen LogP contribution in [0.5, 0.6) is 0 Å². The van der Waals surface area contributed by atoms with Gasteiger partial charge in [0.1, 0.15) is 12.1 Å². The number of hydrazine groups is 1. The molecule has 1 saturated carbocycles. The first kappa shape index (κ1) is 19.5. The standard InChI is InChI=1S/C20H31N5O3/c1-12(2)28-14-3-4-16-15(9-14)19(24-23-16)17-10-18(22-11-21-17)25-7-5-13(6-8-25)20(26)27/h10-16,19,23-24H,3-9H2,1-2H3,(H,26,27). The Morgan fingerprint density at radius 1 is 1.21 bits per heavy atom. The molecule has 8 heteroatoms. The molecule has 2 saturated heterocycles. The number of carboxylic acids is 1. The quantitative estimate of drug-likeness (QED) is 0.702. The summed E-state index contributed by atoms with van der Waals surface area (Å²) < 4.78 is 6.09. The third-order valence-corrected chi connectivity index (χ3v) is 6.33. The summed E-state index contributed by atoms with van der Waals surface area (Å²) in [6.07, 6.45) is 6.74. The van der Waals surface area contributed by atoms with Gasteiger partial charge in [0.25, 0.3) is 0 Å². The van der Waals surface area contributed by atoms with E-state index < -0.39 is 5.97 Å². The second-order valence-electron chi connectivity index (χ2n) is 8.56. The van der Waals surface area contributed by atoms with Gasteiger partial charge in [-0.25, -0.2) is 15.4 Å². The van der Waals surface area contributed by atoms with Crippen LogP contribution in [0.4, 0.5) is 5.82 Å². The molecule has 1 aliphatic carbocycles. The molecule has 3 aliphatic rings. The highest BCUT2D eigenvalue weighted by atomic mass is 16.5. The molecule has 4 rings (SSSR count). The number of carbonyl (C=O) groups is 1. The molecule has 0 aromatic carbocycles. The molecule has 3 fully saturated rings. The molecule has 1 aromatic rings. The Labute approximate surface area is 166 Å². The summed E-state index contributed by atoms with van der Waals surface area (Å²) >= 11 is 0. The number of nitrogens with zero attached hydrogens (tertiary/aromatic N) is 3. The lowest BCUT2D eigenvalue weighted by atomic mass is 9.79. The summed E-state index contributed by atoms with van der Waals surface area (Å²) in [5.74, 6) is 0.410. The van der Waals surface area contributed by atoms with E-state index in [4.69, 9.17) is 4.74 Å². The van der Waals surface area contributed by atoms with Crippen LogP contribution in [-0.4, -0.2) is 52.4 Å². The van der Waals surface area contributed by atoms with E-state index in [-0.39, 0.29) is 18.1 Å². The molecule has 3 heterocycles. The molecule has 1 aromatic heterocycles. The van der Waals surface area contributed by atoms with E-state index in [9.17, 15) is 9.90 Å². The monoisotopic (exact) mass is 389 g/mol. The van der Waals surface area contributed by atoms with Crippen LogP contribution >= 0.6 is 0 Å². The van der Waals surface area contributed by atoms with Crippen LogP contribution in [0.3, 0.4) is 0 Å². The van der Waals surface area contributed by atoms with Crippen molar-refractivity contribution in [3.05, 3.63) is 18.1 Å². The number of fused-ring (bicyclic) bond motifs is 1. The summed E-state index contributed by atoms with van der Waals surface area (Å²) in [7, 11) is 0. The molecule has 4 atom stereocenters. The predicted octanol–water partition coefficient (Wildman–Crippen LogP) is 1.89. The molecular formula is C20H31N5O3. The first-order valence-electron chi connectivity index (χ1n) is 10.5. The number of hydrogen-bond donors (Lipinski definition) is 3. The van der Waals surface area contributed by atoms with Gasteiger partial charge in [0.15, 0.2) is 0 Å². The molecule has 0 bridgehead atoms. The van der Waals surface area contributed by atoms with Crippen LogP contribution < -0.4 is 15.8 Å². The van der Waals surface area contributed by atoms with Crippen molar-refractivity contribution in [1.82, 2.24) is 20.8 Å². The van der Waals surface area contributed by atoms with Gasteiger partial charge in [0, 0.05) is 31.1 Å². The normalized spacial score (nSPS) is 31.2. The smallest absolute Gasteiger partial charge is 0.306 e. The number of nitrogens with one attached hydrogen (secondary N) is 2. The highest BCUT2D eigenvalue weighted by molar-refractivity contribution is 5.70. The van der Waals surface area contributed by atoms with Crippen molar-refractivity contribution in [2.75, 3.05) is 18.0 Å². The zero-order valence-electron chi connectivity index (χ0n) is 16.7.